The van der Waals surface area contributed by atoms with Crippen molar-refractivity contribution >= 4 is 28.4 Å². The Labute approximate surface area is 289 Å². The molecule has 3 aromatic carbocycles. The Balaban J connectivity index is 1.18. The number of aliphatic hydroxyl groups is 1. The molecule has 1 amide bonds. The number of nitrogens with one attached hydrogen (secondary N) is 2. The van der Waals surface area contributed by atoms with E-state index in [0.717, 1.165) is 64.0 Å². The molecule has 0 atom stereocenters. The minimum Gasteiger partial charge on any atom is -0.496 e. The first-order chi connectivity index (χ1) is 23.9. The molecule has 11 nitrogen and oxygen atoms in total. The second-order valence-electron chi connectivity index (χ2n) is 12.7. The highest BCUT2D eigenvalue weighted by molar-refractivity contribution is 6.36. The number of benzene rings is 3. The van der Waals surface area contributed by atoms with Gasteiger partial charge in [-0.1, -0.05) is 48.0 Å². The van der Waals surface area contributed by atoms with Crippen LogP contribution < -0.4 is 24.8 Å². The highest BCUT2D eigenvalue weighted by atomic mass is 35.5. The molecule has 0 bridgehead atoms. The highest BCUT2D eigenvalue weighted by Crippen LogP contribution is 2.42. The van der Waals surface area contributed by atoms with E-state index in [-0.39, 0.29) is 17.9 Å². The molecular weight excluding hydrogens is 644 g/mol. The van der Waals surface area contributed by atoms with Crippen molar-refractivity contribution in [2.45, 2.75) is 19.5 Å². The highest BCUT2D eigenvalue weighted by Gasteiger charge is 2.48. The van der Waals surface area contributed by atoms with E-state index in [2.05, 4.69) is 21.6 Å². The minimum absolute atomic E-state index is 0.0392. The van der Waals surface area contributed by atoms with Gasteiger partial charge in [-0.25, -0.2) is 9.67 Å². The first-order valence-corrected chi connectivity index (χ1v) is 16.6. The Hall–Kier alpha value is -4.68. The van der Waals surface area contributed by atoms with E-state index in [1.54, 1.807) is 21.3 Å². The van der Waals surface area contributed by atoms with E-state index < -0.39 is 0 Å². The summed E-state index contributed by atoms with van der Waals surface area (Å²) < 4.78 is 19.1. The topological polar surface area (TPSA) is 123 Å². The van der Waals surface area contributed by atoms with Crippen LogP contribution in [0.15, 0.2) is 66.9 Å². The van der Waals surface area contributed by atoms with Gasteiger partial charge in [-0.15, -0.1) is 0 Å². The summed E-state index contributed by atoms with van der Waals surface area (Å²) in [6, 6.07) is 19.9. The van der Waals surface area contributed by atoms with Crippen LogP contribution in [0.1, 0.15) is 17.5 Å². The van der Waals surface area contributed by atoms with Crippen LogP contribution >= 0.6 is 11.6 Å². The van der Waals surface area contributed by atoms with Gasteiger partial charge < -0.3 is 30.0 Å². The van der Waals surface area contributed by atoms with Crippen molar-refractivity contribution in [3.05, 3.63) is 83.0 Å². The summed E-state index contributed by atoms with van der Waals surface area (Å²) in [5, 5.41) is 21.6. The van der Waals surface area contributed by atoms with Gasteiger partial charge in [-0.05, 0) is 17.7 Å². The lowest BCUT2D eigenvalue weighted by Crippen LogP contribution is -2.56. The van der Waals surface area contributed by atoms with Crippen LogP contribution in [0.5, 0.6) is 17.4 Å². The Morgan fingerprint density at radius 1 is 0.980 bits per heavy atom. The first kappa shape index (κ1) is 32.8. The fourth-order valence-electron chi connectivity index (χ4n) is 7.14. The third kappa shape index (κ3) is 6.19. The SMILES string of the molecule is COc1cc(-n2ncc3c(-c4cccc(-c5ccc(CN6CC7(CNC(=O)C7)C6)c(OC)n5)c4Cl)cccc32)cc(OC)c1CNCCO. The van der Waals surface area contributed by atoms with E-state index in [4.69, 9.17) is 35.9 Å². The molecule has 2 aliphatic rings. The van der Waals surface area contributed by atoms with Crippen LogP contribution in [0.25, 0.3) is 39.0 Å². The monoisotopic (exact) mass is 682 g/mol. The number of aliphatic hydroxyl groups excluding tert-OH is 1. The van der Waals surface area contributed by atoms with Crippen LogP contribution in [0.2, 0.25) is 5.02 Å². The minimum atomic E-state index is 0.0392. The lowest BCUT2D eigenvalue weighted by molar-refractivity contribution is -0.120. The van der Waals surface area contributed by atoms with Gasteiger partial charge in [0.25, 0.3) is 0 Å². The van der Waals surface area contributed by atoms with Crippen molar-refractivity contribution in [1.82, 2.24) is 30.3 Å². The molecule has 3 N–H and O–H groups in total. The molecule has 1 spiro atoms. The molecule has 0 aliphatic carbocycles. The van der Waals surface area contributed by atoms with Gasteiger partial charge >= 0.3 is 0 Å². The maximum atomic E-state index is 11.8. The van der Waals surface area contributed by atoms with Crippen molar-refractivity contribution in [3.63, 3.8) is 0 Å². The summed E-state index contributed by atoms with van der Waals surface area (Å²) in [5.74, 6) is 2.01. The average Bonchev–Trinajstić information content (AvgIpc) is 3.72. The molecule has 12 heteroatoms. The zero-order valence-electron chi connectivity index (χ0n) is 27.8. The number of hydrogen-bond acceptors (Lipinski definition) is 9. The van der Waals surface area contributed by atoms with Gasteiger partial charge in [-0.2, -0.15) is 5.10 Å². The van der Waals surface area contributed by atoms with Gasteiger partial charge in [-0.3, -0.25) is 9.69 Å². The number of methoxy groups -OCH3 is 3. The number of halogens is 1. The number of carbonyl (C=O) groups excluding carboxylic acids is 1. The average molecular weight is 683 g/mol. The van der Waals surface area contributed by atoms with Gasteiger partial charge in [0.2, 0.25) is 11.8 Å². The number of carbonyl (C=O) groups is 1. The number of ether oxygens (including phenoxy) is 3. The Morgan fingerprint density at radius 3 is 2.41 bits per heavy atom. The van der Waals surface area contributed by atoms with Gasteiger partial charge in [0.05, 0.1) is 61.6 Å². The van der Waals surface area contributed by atoms with E-state index in [1.807, 2.05) is 65.5 Å². The molecule has 4 heterocycles. The zero-order valence-corrected chi connectivity index (χ0v) is 28.5. The molecule has 0 radical (unpaired) electrons. The lowest BCUT2D eigenvalue weighted by atomic mass is 9.79. The van der Waals surface area contributed by atoms with Crippen LogP contribution in [0, 0.1) is 5.41 Å². The van der Waals surface area contributed by atoms with Crippen molar-refractivity contribution in [3.8, 4) is 45.5 Å². The third-order valence-corrected chi connectivity index (χ3v) is 9.85. The fraction of sp³-hybridized carbons (Fsp3) is 0.324. The predicted molar refractivity (Wildman–Crippen MR) is 189 cm³/mol. The molecule has 7 rings (SSSR count). The number of aromatic nitrogens is 3. The number of hydrogen-bond donors (Lipinski definition) is 3. The van der Waals surface area contributed by atoms with Crippen molar-refractivity contribution in [1.29, 1.82) is 0 Å². The van der Waals surface area contributed by atoms with Gasteiger partial charge in [0.15, 0.2) is 0 Å². The van der Waals surface area contributed by atoms with Crippen LogP contribution in [0.4, 0.5) is 0 Å². The van der Waals surface area contributed by atoms with Crippen LogP contribution in [-0.4, -0.2) is 84.8 Å². The molecule has 2 aromatic heterocycles. The third-order valence-electron chi connectivity index (χ3n) is 9.45. The standard InChI is InChI=1S/C37H39ClN6O5/c1-47-32-14-24(15-33(48-2)29(32)17-39-12-13-45)44-31-9-5-6-25(28(31)18-41-44)26-7-4-8-27(35(26)38)30-11-10-23(36(42-30)49-3)19-43-21-37(22-43)16-34(46)40-20-37/h4-11,14-15,18,39,45H,12-13,16-17,19-22H2,1-3H3,(H,40,46). The second kappa shape index (κ2) is 13.7. The van der Waals surface area contributed by atoms with E-state index in [0.29, 0.717) is 54.2 Å². The zero-order chi connectivity index (χ0) is 34.1. The van der Waals surface area contributed by atoms with E-state index >= 15 is 0 Å². The number of rotatable bonds is 12. The van der Waals surface area contributed by atoms with Gasteiger partial charge in [0, 0.05) is 85.3 Å². The smallest absolute Gasteiger partial charge is 0.220 e. The maximum absolute atomic E-state index is 11.8. The number of likely N-dealkylation sites (tertiary alicyclic amines) is 1. The fourth-order valence-corrected chi connectivity index (χ4v) is 7.46. The number of pyridine rings is 1. The van der Waals surface area contributed by atoms with Crippen molar-refractivity contribution in [2.24, 2.45) is 5.41 Å². The summed E-state index contributed by atoms with van der Waals surface area (Å²) in [6.45, 7) is 4.19. The quantitative estimate of drug-likeness (QED) is 0.159. The molecule has 254 valence electrons. The number of nitrogens with zero attached hydrogens (tertiary/aromatic N) is 4. The van der Waals surface area contributed by atoms with E-state index in [1.165, 1.54) is 0 Å². The lowest BCUT2D eigenvalue weighted by Gasteiger charge is -2.47. The van der Waals surface area contributed by atoms with Crippen LogP contribution in [-0.2, 0) is 17.9 Å². The molecule has 2 aliphatic heterocycles. The largest absolute Gasteiger partial charge is 0.496 e. The molecule has 0 unspecified atom stereocenters. The summed E-state index contributed by atoms with van der Waals surface area (Å²) in [5.41, 5.74) is 6.90. The summed E-state index contributed by atoms with van der Waals surface area (Å²) >= 11 is 7.18. The second-order valence-corrected chi connectivity index (χ2v) is 13.0. The molecule has 5 aromatic rings. The van der Waals surface area contributed by atoms with Gasteiger partial charge in [0.1, 0.15) is 11.5 Å². The number of fused-ring (bicyclic) bond motifs is 1. The molecule has 49 heavy (non-hydrogen) atoms. The molecule has 2 saturated heterocycles. The summed E-state index contributed by atoms with van der Waals surface area (Å²) in [4.78, 5) is 19.0. The summed E-state index contributed by atoms with van der Waals surface area (Å²) in [6.07, 6.45) is 2.44. The summed E-state index contributed by atoms with van der Waals surface area (Å²) in [7, 11) is 4.88. The molecule has 0 saturated carbocycles. The van der Waals surface area contributed by atoms with Crippen LogP contribution in [0.3, 0.4) is 0 Å². The Kier molecular flexibility index (Phi) is 9.17. The Morgan fingerprint density at radius 2 is 1.71 bits per heavy atom. The Bertz CT molecular complexity index is 2000. The molecule has 2 fully saturated rings. The van der Waals surface area contributed by atoms with Crippen molar-refractivity contribution in [2.75, 3.05) is 54.1 Å². The van der Waals surface area contributed by atoms with E-state index in [9.17, 15) is 9.90 Å². The predicted octanol–water partition coefficient (Wildman–Crippen LogP) is 4.84. The maximum Gasteiger partial charge on any atom is 0.220 e. The molecular formula is C37H39ClN6O5. The van der Waals surface area contributed by atoms with Crippen molar-refractivity contribution < 1.29 is 24.1 Å². The normalized spacial score (nSPS) is 15.4. The number of amides is 1. The first-order valence-electron chi connectivity index (χ1n) is 16.2.